The molecule has 0 bridgehead atoms. The van der Waals surface area contributed by atoms with E-state index in [1.54, 1.807) is 0 Å². The van der Waals surface area contributed by atoms with Crippen LogP contribution in [0.1, 0.15) is 12.8 Å². The zero-order valence-corrected chi connectivity index (χ0v) is 9.81. The summed E-state index contributed by atoms with van der Waals surface area (Å²) in [6.07, 6.45) is 3.34. The third-order valence-corrected chi connectivity index (χ3v) is 2.66. The van der Waals surface area contributed by atoms with Gasteiger partial charge in [0.1, 0.15) is 0 Å². The summed E-state index contributed by atoms with van der Waals surface area (Å²) in [6.45, 7) is 6.61. The Morgan fingerprint density at radius 3 is 1.89 bits per heavy atom. The number of hydrogen-bond acceptors (Lipinski definition) is 4. The first kappa shape index (κ1) is 13.9. The van der Waals surface area contributed by atoms with E-state index in [9.17, 15) is 19.5 Å². The van der Waals surface area contributed by atoms with Crippen molar-refractivity contribution in [3.8, 4) is 0 Å². The van der Waals surface area contributed by atoms with Crippen LogP contribution in [0, 0.1) is 0 Å². The lowest BCUT2D eigenvalue weighted by Gasteiger charge is -2.30. The lowest BCUT2D eigenvalue weighted by molar-refractivity contribution is 0.125. The molecule has 0 amide bonds. The third-order valence-electron chi connectivity index (χ3n) is 2.66. The van der Waals surface area contributed by atoms with Crippen molar-refractivity contribution in [2.45, 2.75) is 18.4 Å². The molecule has 0 saturated heterocycles. The van der Waals surface area contributed by atoms with Gasteiger partial charge in [-0.15, -0.1) is 13.2 Å². The molecular formula is C11H15N3O4. The fourth-order valence-corrected chi connectivity index (χ4v) is 1.86. The van der Waals surface area contributed by atoms with Crippen LogP contribution in [-0.4, -0.2) is 26.2 Å². The zero-order valence-electron chi connectivity index (χ0n) is 9.81. The van der Waals surface area contributed by atoms with E-state index in [1.807, 2.05) is 9.97 Å². The number of nitrogens with zero attached hydrogens (tertiary/aromatic N) is 1. The van der Waals surface area contributed by atoms with Crippen molar-refractivity contribution in [3.05, 3.63) is 56.8 Å². The first-order chi connectivity index (χ1) is 8.50. The summed E-state index contributed by atoms with van der Waals surface area (Å²) in [4.78, 5) is 38.3. The van der Waals surface area contributed by atoms with E-state index in [-0.39, 0.29) is 12.8 Å². The van der Waals surface area contributed by atoms with Crippen LogP contribution < -0.4 is 17.1 Å². The molecule has 0 aromatic carbocycles. The predicted molar refractivity (Wildman–Crippen MR) is 66.6 cm³/mol. The highest BCUT2D eigenvalue weighted by Crippen LogP contribution is 2.22. The second-order valence-corrected chi connectivity index (χ2v) is 3.89. The minimum atomic E-state index is -1.18. The Balaban J connectivity index is 3.61. The van der Waals surface area contributed by atoms with Crippen LogP contribution in [0.3, 0.4) is 0 Å². The fraction of sp³-hybridized carbons (Fsp3) is 0.364. The fourth-order valence-electron chi connectivity index (χ4n) is 1.86. The van der Waals surface area contributed by atoms with Gasteiger partial charge >= 0.3 is 17.1 Å². The SMILES string of the molecule is C=CCC(CO)(CC=C)n1c(=O)[nH]c(=O)[nH]c1=O. The van der Waals surface area contributed by atoms with Gasteiger partial charge in [0.15, 0.2) is 0 Å². The molecule has 0 aliphatic heterocycles. The highest BCUT2D eigenvalue weighted by atomic mass is 16.3. The van der Waals surface area contributed by atoms with Crippen molar-refractivity contribution >= 4 is 0 Å². The number of hydrogen-bond donors (Lipinski definition) is 3. The molecule has 0 atom stereocenters. The molecule has 7 heteroatoms. The number of aliphatic hydroxyl groups is 1. The predicted octanol–water partition coefficient (Wildman–Crippen LogP) is -0.935. The Labute approximate surface area is 102 Å². The summed E-state index contributed by atoms with van der Waals surface area (Å²) in [7, 11) is 0. The molecule has 1 heterocycles. The first-order valence-electron chi connectivity index (χ1n) is 5.29. The van der Waals surface area contributed by atoms with Gasteiger partial charge in [-0.25, -0.2) is 19.0 Å². The summed E-state index contributed by atoms with van der Waals surface area (Å²) in [5, 5.41) is 9.51. The maximum absolute atomic E-state index is 11.7. The quantitative estimate of drug-likeness (QED) is 0.569. The van der Waals surface area contributed by atoms with Crippen LogP contribution in [0.2, 0.25) is 0 Å². The summed E-state index contributed by atoms with van der Waals surface area (Å²) in [6, 6.07) is 0. The lowest BCUT2D eigenvalue weighted by Crippen LogP contribution is -2.54. The Hall–Kier alpha value is -2.15. The van der Waals surface area contributed by atoms with Crippen molar-refractivity contribution in [2.24, 2.45) is 0 Å². The molecule has 18 heavy (non-hydrogen) atoms. The second-order valence-electron chi connectivity index (χ2n) is 3.89. The highest BCUT2D eigenvalue weighted by Gasteiger charge is 2.32. The second kappa shape index (κ2) is 5.46. The molecular weight excluding hydrogens is 238 g/mol. The third kappa shape index (κ3) is 2.40. The Kier molecular flexibility index (Phi) is 4.22. The van der Waals surface area contributed by atoms with Crippen molar-refractivity contribution in [2.75, 3.05) is 6.61 Å². The van der Waals surface area contributed by atoms with Crippen molar-refractivity contribution in [1.82, 2.24) is 14.5 Å². The number of aromatic nitrogens is 3. The smallest absolute Gasteiger partial charge is 0.334 e. The average Bonchev–Trinajstić information content (AvgIpc) is 2.27. The maximum atomic E-state index is 11.7. The van der Waals surface area contributed by atoms with Crippen LogP contribution in [0.4, 0.5) is 0 Å². The average molecular weight is 253 g/mol. The number of H-pyrrole nitrogens is 2. The monoisotopic (exact) mass is 253 g/mol. The topological polar surface area (TPSA) is 108 Å². The molecule has 1 aromatic rings. The van der Waals surface area contributed by atoms with Gasteiger partial charge in [0.25, 0.3) is 0 Å². The standard InChI is InChI=1S/C11H15N3O4/c1-3-5-11(7-15,6-4-2)14-9(17)12-8(16)13-10(14)18/h3-4,15H,1-2,5-7H2,(H2,12,13,16,17,18). The normalized spacial score (nSPS) is 11.2. The summed E-state index contributed by atoms with van der Waals surface area (Å²) in [5.74, 6) is 0. The van der Waals surface area contributed by atoms with Gasteiger partial charge in [-0.05, 0) is 12.8 Å². The summed E-state index contributed by atoms with van der Waals surface area (Å²) in [5.41, 5.74) is -3.81. The Morgan fingerprint density at radius 2 is 1.56 bits per heavy atom. The van der Waals surface area contributed by atoms with Gasteiger partial charge in [-0.2, -0.15) is 0 Å². The van der Waals surface area contributed by atoms with Crippen molar-refractivity contribution in [3.63, 3.8) is 0 Å². The highest BCUT2D eigenvalue weighted by molar-refractivity contribution is 4.98. The first-order valence-corrected chi connectivity index (χ1v) is 5.29. The van der Waals surface area contributed by atoms with E-state index in [1.165, 1.54) is 12.2 Å². The molecule has 0 aliphatic rings. The molecule has 0 aliphatic carbocycles. The summed E-state index contributed by atoms with van der Waals surface area (Å²) < 4.78 is 0.789. The molecule has 98 valence electrons. The van der Waals surface area contributed by atoms with Gasteiger partial charge in [-0.1, -0.05) is 12.2 Å². The molecule has 0 fully saturated rings. The maximum Gasteiger partial charge on any atom is 0.334 e. The number of nitrogens with one attached hydrogen (secondary N) is 2. The molecule has 0 saturated carbocycles. The number of allylic oxidation sites excluding steroid dienone is 2. The molecule has 3 N–H and O–H groups in total. The van der Waals surface area contributed by atoms with Gasteiger partial charge in [0.05, 0.1) is 12.1 Å². The van der Waals surface area contributed by atoms with Crippen molar-refractivity contribution in [1.29, 1.82) is 0 Å². The number of rotatable bonds is 6. The van der Waals surface area contributed by atoms with Crippen LogP contribution >= 0.6 is 0 Å². The van der Waals surface area contributed by atoms with Gasteiger partial charge in [0, 0.05) is 0 Å². The number of aromatic amines is 2. The zero-order chi connectivity index (χ0) is 13.8. The minimum Gasteiger partial charge on any atom is -0.394 e. The molecule has 0 unspecified atom stereocenters. The van der Waals surface area contributed by atoms with E-state index in [0.717, 1.165) is 4.57 Å². The largest absolute Gasteiger partial charge is 0.394 e. The minimum absolute atomic E-state index is 0.185. The Bertz CT molecular complexity index is 563. The van der Waals surface area contributed by atoms with E-state index in [0.29, 0.717) is 0 Å². The van der Waals surface area contributed by atoms with E-state index >= 15 is 0 Å². The molecule has 1 rings (SSSR count). The summed E-state index contributed by atoms with van der Waals surface area (Å²) >= 11 is 0. The van der Waals surface area contributed by atoms with Crippen LogP contribution in [0.5, 0.6) is 0 Å². The van der Waals surface area contributed by atoms with Crippen LogP contribution in [0.15, 0.2) is 39.7 Å². The molecule has 7 nitrogen and oxygen atoms in total. The van der Waals surface area contributed by atoms with E-state index in [4.69, 9.17) is 0 Å². The van der Waals surface area contributed by atoms with E-state index < -0.39 is 29.2 Å². The van der Waals surface area contributed by atoms with E-state index in [2.05, 4.69) is 13.2 Å². The Morgan fingerprint density at radius 1 is 1.11 bits per heavy atom. The van der Waals surface area contributed by atoms with Crippen LogP contribution in [-0.2, 0) is 5.54 Å². The lowest BCUT2D eigenvalue weighted by atomic mass is 9.91. The molecule has 1 aromatic heterocycles. The van der Waals surface area contributed by atoms with Crippen molar-refractivity contribution < 1.29 is 5.11 Å². The van der Waals surface area contributed by atoms with Gasteiger partial charge < -0.3 is 5.11 Å². The number of aliphatic hydroxyl groups excluding tert-OH is 1. The molecule has 0 spiro atoms. The van der Waals surface area contributed by atoms with Crippen LogP contribution in [0.25, 0.3) is 0 Å². The van der Waals surface area contributed by atoms with Gasteiger partial charge in [-0.3, -0.25) is 9.97 Å². The van der Waals surface area contributed by atoms with Gasteiger partial charge in [0.2, 0.25) is 0 Å². The molecule has 0 radical (unpaired) electrons.